The Labute approximate surface area is 188 Å². The quantitative estimate of drug-likeness (QED) is 0.497. The Morgan fingerprint density at radius 2 is 2.03 bits per heavy atom. The number of aryl methyl sites for hydroxylation is 1. The highest BCUT2D eigenvalue weighted by Crippen LogP contribution is 2.48. The first kappa shape index (κ1) is 23.3. The number of halogens is 2. The van der Waals surface area contributed by atoms with Crippen LogP contribution in [0.3, 0.4) is 0 Å². The molecule has 0 aliphatic heterocycles. The van der Waals surface area contributed by atoms with Crippen molar-refractivity contribution >= 4 is 43.2 Å². The number of pyridine rings is 1. The summed E-state index contributed by atoms with van der Waals surface area (Å²) in [6.45, 7) is 1.16. The Morgan fingerprint density at radius 1 is 1.37 bits per heavy atom. The summed E-state index contributed by atoms with van der Waals surface area (Å²) in [5.41, 5.74) is 1.81. The molecule has 7 nitrogen and oxygen atoms in total. The van der Waals surface area contributed by atoms with Crippen molar-refractivity contribution < 1.29 is 18.6 Å². The number of nitrogens with zero attached hydrogens (tertiary/aromatic N) is 1. The number of hydrogen-bond donors (Lipinski definition) is 3. The molecule has 0 saturated heterocycles. The second kappa shape index (κ2) is 8.63. The Hall–Kier alpha value is -1.39. The van der Waals surface area contributed by atoms with E-state index in [1.54, 1.807) is 20.0 Å². The summed E-state index contributed by atoms with van der Waals surface area (Å²) >= 11 is 9.70. The largest absolute Gasteiger partial charge is 0.394 e. The first-order chi connectivity index (χ1) is 14.0. The molecule has 1 saturated carbocycles. The van der Waals surface area contributed by atoms with E-state index >= 15 is 0 Å². The number of sulfonamides is 1. The van der Waals surface area contributed by atoms with Gasteiger partial charge in [0.15, 0.2) is 0 Å². The van der Waals surface area contributed by atoms with Crippen LogP contribution >= 0.6 is 27.5 Å². The van der Waals surface area contributed by atoms with Crippen molar-refractivity contribution in [3.05, 3.63) is 60.9 Å². The molecule has 0 spiro atoms. The van der Waals surface area contributed by atoms with E-state index in [9.17, 15) is 18.3 Å². The van der Waals surface area contributed by atoms with E-state index in [-0.39, 0.29) is 18.4 Å². The lowest BCUT2D eigenvalue weighted by Crippen LogP contribution is -2.35. The van der Waals surface area contributed by atoms with Crippen molar-refractivity contribution in [2.75, 3.05) is 11.3 Å². The lowest BCUT2D eigenvalue weighted by Gasteiger charge is -2.22. The standard InChI is InChI=1S/C20H24BrClN2O5S/c1-12-16(7-13-3-4-14(21)8-17(13)22)18(10-24(2)19(12)27)23-30(28,29)20(5-6-20)9-15(26)11-25/h3-4,8,10,15,23,25-26H,5-7,9,11H2,1-2H3. The zero-order valence-corrected chi connectivity index (χ0v) is 19.8. The van der Waals surface area contributed by atoms with E-state index in [1.165, 1.54) is 10.8 Å². The maximum absolute atomic E-state index is 13.1. The van der Waals surface area contributed by atoms with Crippen LogP contribution in [0.25, 0.3) is 0 Å². The van der Waals surface area contributed by atoms with Crippen molar-refractivity contribution in [3.63, 3.8) is 0 Å². The number of anilines is 1. The van der Waals surface area contributed by atoms with Gasteiger partial charge in [-0.1, -0.05) is 33.6 Å². The number of aliphatic hydroxyl groups is 2. The Morgan fingerprint density at radius 3 is 2.60 bits per heavy atom. The van der Waals surface area contributed by atoms with Crippen LogP contribution in [0.15, 0.2) is 33.7 Å². The van der Waals surface area contributed by atoms with Gasteiger partial charge in [-0.2, -0.15) is 0 Å². The van der Waals surface area contributed by atoms with Gasteiger partial charge in [0.25, 0.3) is 5.56 Å². The van der Waals surface area contributed by atoms with Gasteiger partial charge in [-0.25, -0.2) is 8.42 Å². The molecule has 1 aromatic carbocycles. The van der Waals surface area contributed by atoms with Crippen molar-refractivity contribution in [1.82, 2.24) is 4.57 Å². The van der Waals surface area contributed by atoms with Crippen LogP contribution < -0.4 is 10.3 Å². The minimum atomic E-state index is -3.86. The maximum atomic E-state index is 13.1. The van der Waals surface area contributed by atoms with Gasteiger partial charge in [0, 0.05) is 34.7 Å². The van der Waals surface area contributed by atoms with Gasteiger partial charge in [0.05, 0.1) is 23.1 Å². The van der Waals surface area contributed by atoms with Gasteiger partial charge in [0.2, 0.25) is 10.0 Å². The van der Waals surface area contributed by atoms with E-state index in [0.29, 0.717) is 34.7 Å². The lowest BCUT2D eigenvalue weighted by molar-refractivity contribution is 0.0858. The van der Waals surface area contributed by atoms with Crippen molar-refractivity contribution in [3.8, 4) is 0 Å². The molecule has 0 bridgehead atoms. The highest BCUT2D eigenvalue weighted by atomic mass is 79.9. The molecule has 0 radical (unpaired) electrons. The second-order valence-electron chi connectivity index (χ2n) is 7.80. The molecule has 1 unspecified atom stereocenters. The molecule has 1 aromatic heterocycles. The van der Waals surface area contributed by atoms with Crippen LogP contribution in [0.1, 0.15) is 36.0 Å². The molecule has 1 atom stereocenters. The van der Waals surface area contributed by atoms with Crippen LogP contribution in [0, 0.1) is 6.92 Å². The van der Waals surface area contributed by atoms with Gasteiger partial charge >= 0.3 is 0 Å². The molecular formula is C20H24BrClN2O5S. The van der Waals surface area contributed by atoms with Gasteiger partial charge in [-0.15, -0.1) is 0 Å². The molecule has 1 fully saturated rings. The molecule has 164 valence electrons. The topological polar surface area (TPSA) is 109 Å². The predicted octanol–water partition coefficient (Wildman–Crippen LogP) is 2.72. The average molecular weight is 520 g/mol. The number of rotatable bonds is 8. The van der Waals surface area contributed by atoms with Gasteiger partial charge < -0.3 is 14.8 Å². The average Bonchev–Trinajstić information content (AvgIpc) is 3.45. The zero-order valence-electron chi connectivity index (χ0n) is 16.7. The number of hydrogen-bond acceptors (Lipinski definition) is 5. The number of aromatic nitrogens is 1. The summed E-state index contributed by atoms with van der Waals surface area (Å²) in [6, 6.07) is 5.39. The van der Waals surface area contributed by atoms with E-state index in [4.69, 9.17) is 16.7 Å². The van der Waals surface area contributed by atoms with Crippen LogP contribution in [-0.2, 0) is 23.5 Å². The minimum absolute atomic E-state index is 0.0442. The first-order valence-corrected chi connectivity index (χ1v) is 12.1. The minimum Gasteiger partial charge on any atom is -0.394 e. The summed E-state index contributed by atoms with van der Waals surface area (Å²) in [5, 5.41) is 19.4. The fourth-order valence-electron chi connectivity index (χ4n) is 3.57. The van der Waals surface area contributed by atoms with Crippen molar-refractivity contribution in [2.45, 2.75) is 43.5 Å². The fourth-order valence-corrected chi connectivity index (χ4v) is 6.04. The predicted molar refractivity (Wildman–Crippen MR) is 121 cm³/mol. The molecule has 1 heterocycles. The molecular weight excluding hydrogens is 496 g/mol. The Balaban J connectivity index is 2.01. The molecule has 3 N–H and O–H groups in total. The Kier molecular flexibility index (Phi) is 6.69. The summed E-state index contributed by atoms with van der Waals surface area (Å²) in [7, 11) is -2.30. The van der Waals surface area contributed by atoms with E-state index < -0.39 is 27.5 Å². The molecule has 3 rings (SSSR count). The highest BCUT2D eigenvalue weighted by Gasteiger charge is 2.55. The van der Waals surface area contributed by atoms with Crippen LogP contribution in [0.4, 0.5) is 5.69 Å². The molecule has 10 heteroatoms. The third kappa shape index (κ3) is 4.60. The molecule has 1 aliphatic carbocycles. The molecule has 30 heavy (non-hydrogen) atoms. The summed E-state index contributed by atoms with van der Waals surface area (Å²) < 4.78 is 29.9. The highest BCUT2D eigenvalue weighted by molar-refractivity contribution is 9.10. The molecule has 1 aliphatic rings. The number of nitrogens with one attached hydrogen (secondary N) is 1. The van der Waals surface area contributed by atoms with Crippen LogP contribution in [-0.4, -0.2) is 40.7 Å². The summed E-state index contributed by atoms with van der Waals surface area (Å²) in [4.78, 5) is 12.5. The summed E-state index contributed by atoms with van der Waals surface area (Å²) in [5.74, 6) is 0. The van der Waals surface area contributed by atoms with Crippen molar-refractivity contribution in [1.29, 1.82) is 0 Å². The van der Waals surface area contributed by atoms with Crippen LogP contribution in [0.5, 0.6) is 0 Å². The van der Waals surface area contributed by atoms with Gasteiger partial charge in [0.1, 0.15) is 0 Å². The maximum Gasteiger partial charge on any atom is 0.253 e. The SMILES string of the molecule is Cc1c(Cc2ccc(Br)cc2Cl)c(NS(=O)(=O)C2(CC(O)CO)CC2)cn(C)c1=O. The van der Waals surface area contributed by atoms with E-state index in [0.717, 1.165) is 10.0 Å². The second-order valence-corrected chi connectivity index (χ2v) is 11.2. The molecule has 2 aromatic rings. The van der Waals surface area contributed by atoms with Crippen molar-refractivity contribution in [2.24, 2.45) is 7.05 Å². The Bertz CT molecular complexity index is 1130. The first-order valence-electron chi connectivity index (χ1n) is 9.44. The van der Waals surface area contributed by atoms with Crippen LogP contribution in [0.2, 0.25) is 5.02 Å². The van der Waals surface area contributed by atoms with Gasteiger partial charge in [-0.05, 0) is 49.4 Å². The third-order valence-electron chi connectivity index (χ3n) is 5.56. The number of aliphatic hydroxyl groups excluding tert-OH is 2. The smallest absolute Gasteiger partial charge is 0.253 e. The monoisotopic (exact) mass is 518 g/mol. The number of benzene rings is 1. The summed E-state index contributed by atoms with van der Waals surface area (Å²) in [6.07, 6.45) is 1.39. The zero-order chi connectivity index (χ0) is 22.3. The normalized spacial score (nSPS) is 16.3. The fraction of sp³-hybridized carbons (Fsp3) is 0.450. The third-order valence-corrected chi connectivity index (χ3v) is 8.61. The molecule has 0 amide bonds. The van der Waals surface area contributed by atoms with Gasteiger partial charge in [-0.3, -0.25) is 9.52 Å². The van der Waals surface area contributed by atoms with E-state index in [2.05, 4.69) is 20.7 Å². The van der Waals surface area contributed by atoms with E-state index in [1.807, 2.05) is 12.1 Å². The lowest BCUT2D eigenvalue weighted by atomic mass is 10.0.